The van der Waals surface area contributed by atoms with Crippen molar-refractivity contribution in [1.82, 2.24) is 19.0 Å². The molecule has 2 aromatic rings. The van der Waals surface area contributed by atoms with Crippen LogP contribution in [-0.4, -0.2) is 104 Å². The molecule has 4 amide bonds. The van der Waals surface area contributed by atoms with E-state index in [1.54, 1.807) is 11.8 Å². The maximum atomic E-state index is 13.8. The first-order chi connectivity index (χ1) is 21.0. The van der Waals surface area contributed by atoms with Crippen LogP contribution in [0.2, 0.25) is 0 Å². The van der Waals surface area contributed by atoms with Crippen LogP contribution in [-0.2, 0) is 32.5 Å². The van der Waals surface area contributed by atoms with Gasteiger partial charge in [0.1, 0.15) is 5.00 Å². The monoisotopic (exact) mass is 647 g/mol. The summed E-state index contributed by atoms with van der Waals surface area (Å²) >= 11 is 1.31. The Hall–Kier alpha value is -3.49. The van der Waals surface area contributed by atoms with E-state index in [0.29, 0.717) is 43.2 Å². The smallest absolute Gasteiger partial charge is 0.409 e. The molecule has 2 aliphatic rings. The van der Waals surface area contributed by atoms with Crippen molar-refractivity contribution in [2.24, 2.45) is 0 Å². The molecule has 1 aromatic carbocycles. The highest BCUT2D eigenvalue weighted by molar-refractivity contribution is 7.89. The van der Waals surface area contributed by atoms with Gasteiger partial charge in [0.05, 0.1) is 23.6 Å². The molecule has 3 heterocycles. The normalized spacial score (nSPS) is 15.5. The molecular weight excluding hydrogens is 606 g/mol. The third-order valence-electron chi connectivity index (χ3n) is 7.74. The van der Waals surface area contributed by atoms with E-state index in [1.807, 2.05) is 18.7 Å². The lowest BCUT2D eigenvalue weighted by Crippen LogP contribution is -2.50. The number of amides is 4. The topological polar surface area (TPSA) is 137 Å². The van der Waals surface area contributed by atoms with Crippen molar-refractivity contribution < 1.29 is 32.3 Å². The minimum Gasteiger partial charge on any atom is -0.450 e. The van der Waals surface area contributed by atoms with Gasteiger partial charge in [0, 0.05) is 63.2 Å². The molecule has 0 bridgehead atoms. The van der Waals surface area contributed by atoms with Crippen molar-refractivity contribution in [2.75, 3.05) is 57.7 Å². The minimum atomic E-state index is -3.84. The number of anilines is 1. The molecule has 2 aliphatic heterocycles. The Morgan fingerprint density at radius 3 is 2.14 bits per heavy atom. The SMILES string of the molecule is CCCN(CCC)C(=O)c1c(NC(=O)c2ccc(S(=O)(=O)N3CCN(C(=O)OCC)CC3)cc2)sc2c1CCN(C(C)=O)C2. The van der Waals surface area contributed by atoms with Gasteiger partial charge in [-0.05, 0) is 56.0 Å². The zero-order chi connectivity index (χ0) is 32.0. The van der Waals surface area contributed by atoms with E-state index < -0.39 is 22.0 Å². The molecular formula is C30H41N5O7S2. The first-order valence-corrected chi connectivity index (χ1v) is 17.3. The number of thiophene rings is 1. The summed E-state index contributed by atoms with van der Waals surface area (Å²) in [6, 6.07) is 5.68. The molecule has 0 aliphatic carbocycles. The van der Waals surface area contributed by atoms with Gasteiger partial charge in [-0.3, -0.25) is 14.4 Å². The van der Waals surface area contributed by atoms with Crippen molar-refractivity contribution in [1.29, 1.82) is 0 Å². The summed E-state index contributed by atoms with van der Waals surface area (Å²) in [5, 5.41) is 3.35. The van der Waals surface area contributed by atoms with E-state index in [4.69, 9.17) is 4.74 Å². The molecule has 0 unspecified atom stereocenters. The lowest BCUT2D eigenvalue weighted by Gasteiger charge is -2.33. The minimum absolute atomic E-state index is 0.0418. The van der Waals surface area contributed by atoms with Crippen LogP contribution >= 0.6 is 11.3 Å². The largest absolute Gasteiger partial charge is 0.450 e. The van der Waals surface area contributed by atoms with Crippen LogP contribution in [0.5, 0.6) is 0 Å². The second kappa shape index (κ2) is 14.5. The highest BCUT2D eigenvalue weighted by atomic mass is 32.2. The van der Waals surface area contributed by atoms with Gasteiger partial charge in [-0.2, -0.15) is 4.31 Å². The van der Waals surface area contributed by atoms with Crippen LogP contribution in [0.1, 0.15) is 71.7 Å². The van der Waals surface area contributed by atoms with Crippen molar-refractivity contribution in [3.05, 3.63) is 45.8 Å². The fourth-order valence-corrected chi connectivity index (χ4v) is 8.10. The molecule has 4 rings (SSSR count). The molecule has 1 fully saturated rings. The Morgan fingerprint density at radius 1 is 0.932 bits per heavy atom. The first-order valence-electron chi connectivity index (χ1n) is 15.0. The Bertz CT molecular complexity index is 1480. The van der Waals surface area contributed by atoms with Gasteiger partial charge in [-0.1, -0.05) is 13.8 Å². The number of benzene rings is 1. The molecule has 240 valence electrons. The maximum Gasteiger partial charge on any atom is 0.409 e. The number of fused-ring (bicyclic) bond motifs is 1. The van der Waals surface area contributed by atoms with Gasteiger partial charge < -0.3 is 24.8 Å². The molecule has 1 N–H and O–H groups in total. The van der Waals surface area contributed by atoms with E-state index in [-0.39, 0.29) is 55.1 Å². The molecule has 1 saturated heterocycles. The fraction of sp³-hybridized carbons (Fsp3) is 0.533. The summed E-state index contributed by atoms with van der Waals surface area (Å²) in [6.45, 7) is 10.3. The zero-order valence-corrected chi connectivity index (χ0v) is 27.4. The van der Waals surface area contributed by atoms with Crippen molar-refractivity contribution in [3.63, 3.8) is 0 Å². The molecule has 0 radical (unpaired) electrons. The number of sulfonamides is 1. The highest BCUT2D eigenvalue weighted by Crippen LogP contribution is 2.38. The highest BCUT2D eigenvalue weighted by Gasteiger charge is 2.33. The van der Waals surface area contributed by atoms with Gasteiger partial charge in [0.25, 0.3) is 11.8 Å². The average Bonchev–Trinajstić information content (AvgIpc) is 3.37. The quantitative estimate of drug-likeness (QED) is 0.416. The Balaban J connectivity index is 1.53. The average molecular weight is 648 g/mol. The second-order valence-electron chi connectivity index (χ2n) is 10.8. The Morgan fingerprint density at radius 2 is 1.57 bits per heavy atom. The lowest BCUT2D eigenvalue weighted by molar-refractivity contribution is -0.129. The summed E-state index contributed by atoms with van der Waals surface area (Å²) in [5.41, 5.74) is 1.59. The van der Waals surface area contributed by atoms with Crippen LogP contribution in [0.3, 0.4) is 0 Å². The molecule has 0 saturated carbocycles. The van der Waals surface area contributed by atoms with Gasteiger partial charge >= 0.3 is 6.09 Å². The van der Waals surface area contributed by atoms with Gasteiger partial charge in [-0.25, -0.2) is 13.2 Å². The van der Waals surface area contributed by atoms with Crippen LogP contribution in [0.15, 0.2) is 29.2 Å². The summed E-state index contributed by atoms with van der Waals surface area (Å²) in [7, 11) is -3.84. The number of nitrogens with zero attached hydrogens (tertiary/aromatic N) is 4. The van der Waals surface area contributed by atoms with Crippen molar-refractivity contribution >= 4 is 50.2 Å². The van der Waals surface area contributed by atoms with E-state index in [1.165, 1.54) is 51.7 Å². The van der Waals surface area contributed by atoms with Crippen LogP contribution in [0, 0.1) is 0 Å². The first kappa shape index (κ1) is 33.4. The summed E-state index contributed by atoms with van der Waals surface area (Å²) in [5.74, 6) is -0.648. The molecule has 1 aromatic heterocycles. The van der Waals surface area contributed by atoms with Crippen LogP contribution in [0.25, 0.3) is 0 Å². The number of carbonyl (C=O) groups excluding carboxylic acids is 4. The second-order valence-corrected chi connectivity index (χ2v) is 13.8. The Labute approximate surface area is 263 Å². The van der Waals surface area contributed by atoms with E-state index in [0.717, 1.165) is 23.3 Å². The van der Waals surface area contributed by atoms with Crippen molar-refractivity contribution in [2.45, 2.75) is 58.4 Å². The van der Waals surface area contributed by atoms with Gasteiger partial charge in [0.2, 0.25) is 15.9 Å². The summed E-state index contributed by atoms with van der Waals surface area (Å²) < 4.78 is 32.8. The Kier molecular flexibility index (Phi) is 11.0. The third kappa shape index (κ3) is 7.24. The maximum absolute atomic E-state index is 13.8. The number of hydrogen-bond acceptors (Lipinski definition) is 8. The number of ether oxygens (including phenoxy) is 1. The zero-order valence-electron chi connectivity index (χ0n) is 25.8. The van der Waals surface area contributed by atoms with Crippen molar-refractivity contribution in [3.8, 4) is 0 Å². The summed E-state index contributed by atoms with van der Waals surface area (Å²) in [6.07, 6.45) is 1.66. The molecule has 14 heteroatoms. The predicted octanol–water partition coefficient (Wildman–Crippen LogP) is 3.63. The predicted molar refractivity (Wildman–Crippen MR) is 167 cm³/mol. The molecule has 12 nitrogen and oxygen atoms in total. The number of rotatable bonds is 10. The van der Waals surface area contributed by atoms with Gasteiger partial charge in [-0.15, -0.1) is 11.3 Å². The third-order valence-corrected chi connectivity index (χ3v) is 10.8. The number of piperazine rings is 1. The molecule has 44 heavy (non-hydrogen) atoms. The standard InChI is InChI=1S/C30H41N5O7S2/c1-5-13-32(14-6-2)29(38)26-24-12-15-34(21(4)36)20-25(24)43-28(26)31-27(37)22-8-10-23(11-9-22)44(40,41)35-18-16-33(17-19-35)30(39)42-7-3/h8-11H,5-7,12-20H2,1-4H3,(H,31,37). The number of carbonyl (C=O) groups is 4. The fourth-order valence-electron chi connectivity index (χ4n) is 5.43. The van der Waals surface area contributed by atoms with Crippen LogP contribution < -0.4 is 5.32 Å². The van der Waals surface area contributed by atoms with E-state index in [9.17, 15) is 27.6 Å². The molecule has 0 spiro atoms. The number of nitrogens with one attached hydrogen (secondary N) is 1. The lowest BCUT2D eigenvalue weighted by atomic mass is 10.0. The molecule has 0 atom stereocenters. The van der Waals surface area contributed by atoms with E-state index >= 15 is 0 Å². The van der Waals surface area contributed by atoms with E-state index in [2.05, 4.69) is 5.32 Å². The summed E-state index contributed by atoms with van der Waals surface area (Å²) in [4.78, 5) is 57.2. The van der Waals surface area contributed by atoms with Crippen LogP contribution in [0.4, 0.5) is 9.80 Å². The van der Waals surface area contributed by atoms with Gasteiger partial charge in [0.15, 0.2) is 0 Å². The number of hydrogen-bond donors (Lipinski definition) is 1.